The lowest BCUT2D eigenvalue weighted by molar-refractivity contribution is 0.0703. The fourth-order valence-corrected chi connectivity index (χ4v) is 4.57. The number of H-pyrrole nitrogens is 1. The molecule has 10 heteroatoms. The second kappa shape index (κ2) is 8.64. The second-order valence-corrected chi connectivity index (χ2v) is 8.28. The van der Waals surface area contributed by atoms with E-state index < -0.39 is 17.7 Å². The van der Waals surface area contributed by atoms with Crippen molar-refractivity contribution in [3.8, 4) is 12.3 Å². The number of carbonyl (C=O) groups excluding carboxylic acids is 1. The number of fused-ring (bicyclic) bond motifs is 2. The van der Waals surface area contributed by atoms with E-state index in [2.05, 4.69) is 21.2 Å². The van der Waals surface area contributed by atoms with Gasteiger partial charge in [-0.1, -0.05) is 41.8 Å². The van der Waals surface area contributed by atoms with Crippen molar-refractivity contribution in [2.45, 2.75) is 12.6 Å². The first-order chi connectivity index (χ1) is 16.2. The fraction of sp³-hybridized carbons (Fsp3) is 0.0800. The van der Waals surface area contributed by atoms with Crippen molar-refractivity contribution in [2.75, 3.05) is 10.2 Å². The molecule has 4 N–H and O–H groups in total. The zero-order valence-corrected chi connectivity index (χ0v) is 19.7. The Morgan fingerprint density at radius 1 is 1.23 bits per heavy atom. The van der Waals surface area contributed by atoms with Gasteiger partial charge in [0.1, 0.15) is 0 Å². The number of carboxylic acid groups (broad SMARTS) is 1. The monoisotopic (exact) mass is 508 g/mol. The number of aromatic amines is 1. The Morgan fingerprint density at radius 2 is 1.97 bits per heavy atom. The number of nitrogens with zero attached hydrogens (tertiary/aromatic N) is 2. The highest BCUT2D eigenvalue weighted by Crippen LogP contribution is 2.47. The predicted molar refractivity (Wildman–Crippen MR) is 135 cm³/mol. The first-order valence-electron chi connectivity index (χ1n) is 10.2. The smallest absolute Gasteiger partial charge is 0.411 e. The molecule has 35 heavy (non-hydrogen) atoms. The predicted octanol–water partition coefficient (Wildman–Crippen LogP) is 4.87. The minimum absolute atomic E-state index is 0. The number of imidazole rings is 1. The highest BCUT2D eigenvalue weighted by atomic mass is 35.5. The molecule has 8 nitrogen and oxygen atoms in total. The SMILES string of the molecule is C#Cc1cc(Cl)cc(N2C(=O)c3ccccc3C2(O)c2ccc3[nH]c(NC(=O)O)nc3c2)c1C.Cl. The molecule has 1 unspecified atom stereocenters. The minimum Gasteiger partial charge on any atom is -0.465 e. The van der Waals surface area contributed by atoms with Crippen LogP contribution in [0.5, 0.6) is 0 Å². The summed E-state index contributed by atoms with van der Waals surface area (Å²) in [6.45, 7) is 1.76. The molecule has 2 heterocycles. The van der Waals surface area contributed by atoms with E-state index >= 15 is 0 Å². The van der Waals surface area contributed by atoms with Gasteiger partial charge in [0.05, 0.1) is 16.7 Å². The number of nitrogens with one attached hydrogen (secondary N) is 2. The molecule has 0 fully saturated rings. The number of amides is 2. The molecule has 0 aliphatic carbocycles. The van der Waals surface area contributed by atoms with Gasteiger partial charge in [-0.05, 0) is 42.8 Å². The van der Waals surface area contributed by atoms with Crippen molar-refractivity contribution >= 4 is 58.7 Å². The Labute approximate surface area is 211 Å². The number of anilines is 2. The van der Waals surface area contributed by atoms with Gasteiger partial charge in [-0.2, -0.15) is 0 Å². The summed E-state index contributed by atoms with van der Waals surface area (Å²) in [5.41, 5.74) is 1.62. The summed E-state index contributed by atoms with van der Waals surface area (Å²) >= 11 is 6.32. The van der Waals surface area contributed by atoms with Gasteiger partial charge in [-0.3, -0.25) is 15.0 Å². The van der Waals surface area contributed by atoms with Crippen molar-refractivity contribution in [2.24, 2.45) is 0 Å². The lowest BCUT2D eigenvalue weighted by Crippen LogP contribution is -2.45. The number of halogens is 2. The Kier molecular flexibility index (Phi) is 5.95. The summed E-state index contributed by atoms with van der Waals surface area (Å²) in [4.78, 5) is 33.0. The van der Waals surface area contributed by atoms with Crippen molar-refractivity contribution in [3.05, 3.63) is 87.4 Å². The molecule has 5 rings (SSSR count). The van der Waals surface area contributed by atoms with Crippen LogP contribution in [0.2, 0.25) is 5.02 Å². The van der Waals surface area contributed by atoms with E-state index in [4.69, 9.17) is 23.1 Å². The number of benzene rings is 3. The molecular weight excluding hydrogens is 491 g/mol. The Hall–Kier alpha value is -4.03. The van der Waals surface area contributed by atoms with E-state index in [9.17, 15) is 14.7 Å². The first kappa shape index (κ1) is 24.1. The van der Waals surface area contributed by atoms with Crippen molar-refractivity contribution in [1.82, 2.24) is 9.97 Å². The lowest BCUT2D eigenvalue weighted by atomic mass is 9.92. The van der Waals surface area contributed by atoms with Gasteiger partial charge in [0.25, 0.3) is 5.91 Å². The molecular formula is C25H18Cl2N4O4. The van der Waals surface area contributed by atoms with E-state index in [-0.39, 0.29) is 18.4 Å². The van der Waals surface area contributed by atoms with Crippen molar-refractivity contribution < 1.29 is 19.8 Å². The van der Waals surface area contributed by atoms with Gasteiger partial charge < -0.3 is 15.2 Å². The maximum atomic E-state index is 13.6. The van der Waals surface area contributed by atoms with Crippen LogP contribution in [-0.2, 0) is 5.72 Å². The van der Waals surface area contributed by atoms with Gasteiger partial charge in [-0.25, -0.2) is 9.78 Å². The maximum absolute atomic E-state index is 13.6. The van der Waals surface area contributed by atoms with Crippen LogP contribution in [0.4, 0.5) is 16.4 Å². The number of carbonyl (C=O) groups is 2. The van der Waals surface area contributed by atoms with Crippen LogP contribution in [0.15, 0.2) is 54.6 Å². The van der Waals surface area contributed by atoms with Gasteiger partial charge in [0, 0.05) is 27.3 Å². The minimum atomic E-state index is -1.90. The van der Waals surface area contributed by atoms with Gasteiger partial charge >= 0.3 is 6.09 Å². The third-order valence-corrected chi connectivity index (χ3v) is 6.13. The van der Waals surface area contributed by atoms with Crippen LogP contribution in [0.3, 0.4) is 0 Å². The van der Waals surface area contributed by atoms with Crippen LogP contribution >= 0.6 is 24.0 Å². The van der Waals surface area contributed by atoms with Crippen LogP contribution in [0.25, 0.3) is 11.0 Å². The molecule has 3 aromatic carbocycles. The molecule has 0 radical (unpaired) electrons. The third-order valence-electron chi connectivity index (χ3n) is 5.91. The first-order valence-corrected chi connectivity index (χ1v) is 10.5. The van der Waals surface area contributed by atoms with Crippen LogP contribution in [-0.4, -0.2) is 32.2 Å². The summed E-state index contributed by atoms with van der Waals surface area (Å²) in [6, 6.07) is 14.9. The summed E-state index contributed by atoms with van der Waals surface area (Å²) in [5, 5.41) is 23.7. The van der Waals surface area contributed by atoms with Crippen LogP contribution < -0.4 is 10.2 Å². The molecule has 0 saturated carbocycles. The molecule has 4 aromatic rings. The highest BCUT2D eigenvalue weighted by Gasteiger charge is 2.51. The van der Waals surface area contributed by atoms with E-state index in [0.717, 1.165) is 0 Å². The maximum Gasteiger partial charge on any atom is 0.411 e. The number of aromatic nitrogens is 2. The molecule has 0 spiro atoms. The topological polar surface area (TPSA) is 119 Å². The number of hydrogen-bond donors (Lipinski definition) is 4. The van der Waals surface area contributed by atoms with Crippen LogP contribution in [0, 0.1) is 19.3 Å². The Morgan fingerprint density at radius 3 is 2.69 bits per heavy atom. The normalized spacial score (nSPS) is 16.5. The molecule has 1 aliphatic rings. The van der Waals surface area contributed by atoms with Gasteiger partial charge in [0.15, 0.2) is 5.72 Å². The van der Waals surface area contributed by atoms with E-state index in [1.807, 2.05) is 0 Å². The van der Waals surface area contributed by atoms with E-state index in [0.29, 0.717) is 49.6 Å². The largest absolute Gasteiger partial charge is 0.465 e. The third kappa shape index (κ3) is 3.67. The van der Waals surface area contributed by atoms with Gasteiger partial charge in [-0.15, -0.1) is 18.8 Å². The summed E-state index contributed by atoms with van der Waals surface area (Å²) in [5.74, 6) is 2.20. The van der Waals surface area contributed by atoms with Crippen molar-refractivity contribution in [1.29, 1.82) is 0 Å². The summed E-state index contributed by atoms with van der Waals surface area (Å²) < 4.78 is 0. The van der Waals surface area contributed by atoms with Crippen molar-refractivity contribution in [3.63, 3.8) is 0 Å². The summed E-state index contributed by atoms with van der Waals surface area (Å²) in [7, 11) is 0. The molecule has 1 aliphatic heterocycles. The number of hydrogen-bond acceptors (Lipinski definition) is 4. The quantitative estimate of drug-likeness (QED) is 0.294. The van der Waals surface area contributed by atoms with E-state index in [1.165, 1.54) is 4.90 Å². The molecule has 2 amide bonds. The zero-order chi connectivity index (χ0) is 24.2. The molecule has 1 aromatic heterocycles. The highest BCUT2D eigenvalue weighted by molar-refractivity contribution is 6.31. The Bertz CT molecular complexity index is 1560. The number of terminal acetylenes is 1. The molecule has 0 saturated heterocycles. The summed E-state index contributed by atoms with van der Waals surface area (Å²) in [6.07, 6.45) is 4.39. The Balaban J connectivity index is 0.00000289. The average molecular weight is 509 g/mol. The molecule has 1 atom stereocenters. The standard InChI is InChI=1S/C25H17ClN4O4.ClH/c1-3-14-10-16(26)12-21(13(14)2)30-22(31)17-6-4-5-7-18(17)25(30,34)15-8-9-19-20(11-15)28-23(27-19)29-24(32)33;/h1,4-12,34H,2H3,(H,32,33)(H2,27,28,29);1H. The van der Waals surface area contributed by atoms with Crippen LogP contribution in [0.1, 0.15) is 32.6 Å². The lowest BCUT2D eigenvalue weighted by Gasteiger charge is -2.36. The van der Waals surface area contributed by atoms with E-state index in [1.54, 1.807) is 61.5 Å². The van der Waals surface area contributed by atoms with Gasteiger partial charge in [0.2, 0.25) is 5.95 Å². The number of aliphatic hydroxyl groups is 1. The molecule has 0 bridgehead atoms. The second-order valence-electron chi connectivity index (χ2n) is 7.85. The zero-order valence-electron chi connectivity index (χ0n) is 18.2. The average Bonchev–Trinajstić information content (AvgIpc) is 3.30. The number of rotatable bonds is 3. The fourth-order valence-electron chi connectivity index (χ4n) is 4.36. The molecule has 176 valence electrons.